The Morgan fingerprint density at radius 1 is 1.35 bits per heavy atom. The Bertz CT molecular complexity index is 658. The zero-order valence-corrected chi connectivity index (χ0v) is 15.2. The first-order chi connectivity index (χ1) is 12.3. The van der Waals surface area contributed by atoms with Crippen LogP contribution in [-0.4, -0.2) is 45.2 Å². The largest absolute Gasteiger partial charge is 0.481 e. The Morgan fingerprint density at radius 3 is 2.69 bits per heavy atom. The molecule has 1 aromatic rings. The van der Waals surface area contributed by atoms with E-state index in [4.69, 9.17) is 10.8 Å². The average Bonchev–Trinajstić information content (AvgIpc) is 3.36. The molecule has 3 N–H and O–H groups in total. The third-order valence-electron chi connectivity index (χ3n) is 4.46. The fourth-order valence-electron chi connectivity index (χ4n) is 3.06. The monoisotopic (exact) mass is 361 g/mol. The van der Waals surface area contributed by atoms with E-state index in [1.807, 2.05) is 6.07 Å². The number of rotatable bonds is 11. The number of anilines is 1. The van der Waals surface area contributed by atoms with Gasteiger partial charge in [0.05, 0.1) is 6.54 Å². The molecule has 0 spiro atoms. The van der Waals surface area contributed by atoms with Crippen molar-refractivity contribution in [2.24, 2.45) is 5.92 Å². The highest BCUT2D eigenvalue weighted by Crippen LogP contribution is 2.28. The van der Waals surface area contributed by atoms with Crippen LogP contribution >= 0.6 is 0 Å². The van der Waals surface area contributed by atoms with Gasteiger partial charge in [-0.25, -0.2) is 4.98 Å². The highest BCUT2D eigenvalue weighted by atomic mass is 16.4. The maximum atomic E-state index is 12.5. The molecule has 7 heteroatoms. The minimum absolute atomic E-state index is 0.00577. The van der Waals surface area contributed by atoms with Crippen LogP contribution in [0.15, 0.2) is 18.3 Å². The molecule has 1 heterocycles. The zero-order chi connectivity index (χ0) is 19.1. The van der Waals surface area contributed by atoms with Crippen LogP contribution in [0.2, 0.25) is 0 Å². The van der Waals surface area contributed by atoms with Crippen molar-refractivity contribution in [3.63, 3.8) is 0 Å². The molecule has 1 aromatic heterocycles. The second kappa shape index (κ2) is 9.31. The molecule has 0 bridgehead atoms. The molecule has 1 amide bonds. The SMILES string of the molecule is CC(CC(=O)O)CC(=O)CN(C(=O)CCCc1ccnc(N)c1)C1CC1. The maximum absolute atomic E-state index is 12.5. The van der Waals surface area contributed by atoms with Crippen LogP contribution in [0.3, 0.4) is 0 Å². The Morgan fingerprint density at radius 2 is 2.08 bits per heavy atom. The number of hydrogen-bond donors (Lipinski definition) is 2. The summed E-state index contributed by atoms with van der Waals surface area (Å²) < 4.78 is 0. The summed E-state index contributed by atoms with van der Waals surface area (Å²) in [6, 6.07) is 3.85. The van der Waals surface area contributed by atoms with E-state index in [2.05, 4.69) is 4.98 Å². The van der Waals surface area contributed by atoms with Crippen LogP contribution in [0.1, 0.15) is 51.0 Å². The molecule has 0 saturated heterocycles. The molecule has 0 radical (unpaired) electrons. The van der Waals surface area contributed by atoms with Crippen molar-refractivity contribution in [1.82, 2.24) is 9.88 Å². The van der Waals surface area contributed by atoms with E-state index in [0.29, 0.717) is 18.7 Å². The number of aryl methyl sites for hydroxylation is 1. The number of amides is 1. The number of ketones is 1. The third-order valence-corrected chi connectivity index (χ3v) is 4.46. The second-order valence-corrected chi connectivity index (χ2v) is 7.14. The van der Waals surface area contributed by atoms with Crippen LogP contribution in [0.25, 0.3) is 0 Å². The molecule has 26 heavy (non-hydrogen) atoms. The number of nitrogen functional groups attached to an aromatic ring is 1. The van der Waals surface area contributed by atoms with Crippen molar-refractivity contribution in [1.29, 1.82) is 0 Å². The first-order valence-corrected chi connectivity index (χ1v) is 9.08. The average molecular weight is 361 g/mol. The smallest absolute Gasteiger partial charge is 0.303 e. The molecule has 2 rings (SSSR count). The number of hydrogen-bond acceptors (Lipinski definition) is 5. The predicted molar refractivity (Wildman–Crippen MR) is 97.4 cm³/mol. The van der Waals surface area contributed by atoms with Crippen molar-refractivity contribution < 1.29 is 19.5 Å². The topological polar surface area (TPSA) is 114 Å². The number of carbonyl (C=O) groups excluding carboxylic acids is 2. The van der Waals surface area contributed by atoms with E-state index >= 15 is 0 Å². The van der Waals surface area contributed by atoms with Crippen LogP contribution in [0.4, 0.5) is 5.82 Å². The normalized spacial score (nSPS) is 14.7. The predicted octanol–water partition coefficient (Wildman–Crippen LogP) is 2.05. The molecule has 0 aliphatic heterocycles. The fourth-order valence-corrected chi connectivity index (χ4v) is 3.06. The van der Waals surface area contributed by atoms with E-state index in [1.54, 1.807) is 24.1 Å². The molecule has 1 unspecified atom stereocenters. The first kappa shape index (κ1) is 19.9. The van der Waals surface area contributed by atoms with Gasteiger partial charge in [-0.3, -0.25) is 14.4 Å². The molecular weight excluding hydrogens is 334 g/mol. The number of carboxylic acid groups (broad SMARTS) is 1. The summed E-state index contributed by atoms with van der Waals surface area (Å²) in [5.74, 6) is -0.727. The van der Waals surface area contributed by atoms with Gasteiger partial charge in [0, 0.05) is 31.5 Å². The van der Waals surface area contributed by atoms with Crippen LogP contribution in [-0.2, 0) is 20.8 Å². The summed E-state index contributed by atoms with van der Waals surface area (Å²) in [5.41, 5.74) is 6.69. The number of carbonyl (C=O) groups is 3. The maximum Gasteiger partial charge on any atom is 0.303 e. The number of nitrogens with zero attached hydrogens (tertiary/aromatic N) is 2. The fraction of sp³-hybridized carbons (Fsp3) is 0.579. The van der Waals surface area contributed by atoms with Gasteiger partial charge in [0.25, 0.3) is 0 Å². The van der Waals surface area contributed by atoms with Gasteiger partial charge < -0.3 is 15.7 Å². The molecule has 1 fully saturated rings. The van der Waals surface area contributed by atoms with Gasteiger partial charge in [-0.2, -0.15) is 0 Å². The molecule has 0 aromatic carbocycles. The number of aliphatic carboxylic acids is 1. The standard InChI is InChI=1S/C19H27N3O4/c1-13(10-19(25)26)9-16(23)12-22(15-5-6-15)18(24)4-2-3-14-7-8-21-17(20)11-14/h7-8,11,13,15H,2-6,9-10,12H2,1H3,(H2,20,21)(H,25,26). The quantitative estimate of drug-likeness (QED) is 0.623. The van der Waals surface area contributed by atoms with E-state index in [-0.39, 0.29) is 43.0 Å². The lowest BCUT2D eigenvalue weighted by atomic mass is 10.0. The lowest BCUT2D eigenvalue weighted by Crippen LogP contribution is -2.37. The highest BCUT2D eigenvalue weighted by Gasteiger charge is 2.33. The highest BCUT2D eigenvalue weighted by molar-refractivity contribution is 5.87. The molecule has 1 aliphatic carbocycles. The molecule has 1 aliphatic rings. The molecule has 1 atom stereocenters. The lowest BCUT2D eigenvalue weighted by Gasteiger charge is -2.22. The third kappa shape index (κ3) is 6.82. The minimum atomic E-state index is -0.905. The van der Waals surface area contributed by atoms with E-state index in [1.165, 1.54) is 0 Å². The Kier molecular flexibility index (Phi) is 7.12. The molecule has 7 nitrogen and oxygen atoms in total. The Hall–Kier alpha value is -2.44. The van der Waals surface area contributed by atoms with Gasteiger partial charge in [0.2, 0.25) is 5.91 Å². The van der Waals surface area contributed by atoms with Gasteiger partial charge in [-0.1, -0.05) is 6.92 Å². The summed E-state index contributed by atoms with van der Waals surface area (Å²) in [6.45, 7) is 1.84. The number of carboxylic acids is 1. The number of Topliss-reactive ketones (excluding diaryl/α,β-unsaturated/α-hetero) is 1. The summed E-state index contributed by atoms with van der Waals surface area (Å²) >= 11 is 0. The van der Waals surface area contributed by atoms with Crippen LogP contribution in [0, 0.1) is 5.92 Å². The van der Waals surface area contributed by atoms with Crippen LogP contribution < -0.4 is 5.73 Å². The zero-order valence-electron chi connectivity index (χ0n) is 15.2. The van der Waals surface area contributed by atoms with Crippen LogP contribution in [0.5, 0.6) is 0 Å². The van der Waals surface area contributed by atoms with Gasteiger partial charge in [0.15, 0.2) is 5.78 Å². The Labute approximate surface area is 153 Å². The van der Waals surface area contributed by atoms with E-state index in [9.17, 15) is 14.4 Å². The number of pyridine rings is 1. The van der Waals surface area contributed by atoms with Gasteiger partial charge in [-0.05, 0) is 49.3 Å². The number of aromatic nitrogens is 1. The van der Waals surface area contributed by atoms with Crippen molar-refractivity contribution in [3.05, 3.63) is 23.9 Å². The van der Waals surface area contributed by atoms with Gasteiger partial charge >= 0.3 is 5.97 Å². The van der Waals surface area contributed by atoms with Gasteiger partial charge in [0.1, 0.15) is 5.82 Å². The lowest BCUT2D eigenvalue weighted by molar-refractivity contribution is -0.139. The van der Waals surface area contributed by atoms with Crippen molar-refractivity contribution in [2.45, 2.75) is 57.9 Å². The molecular formula is C19H27N3O4. The summed E-state index contributed by atoms with van der Waals surface area (Å²) in [4.78, 5) is 41.1. The van der Waals surface area contributed by atoms with E-state index in [0.717, 1.165) is 24.8 Å². The van der Waals surface area contributed by atoms with E-state index < -0.39 is 5.97 Å². The Balaban J connectivity index is 1.79. The second-order valence-electron chi connectivity index (χ2n) is 7.14. The molecule has 1 saturated carbocycles. The van der Waals surface area contributed by atoms with Crippen molar-refractivity contribution >= 4 is 23.5 Å². The molecule has 142 valence electrons. The van der Waals surface area contributed by atoms with Crippen molar-refractivity contribution in [3.8, 4) is 0 Å². The summed E-state index contributed by atoms with van der Waals surface area (Å²) in [7, 11) is 0. The summed E-state index contributed by atoms with van der Waals surface area (Å²) in [5, 5.41) is 8.79. The first-order valence-electron chi connectivity index (χ1n) is 9.08. The number of nitrogens with two attached hydrogens (primary N) is 1. The van der Waals surface area contributed by atoms with Gasteiger partial charge in [-0.15, -0.1) is 0 Å². The minimum Gasteiger partial charge on any atom is -0.481 e. The van der Waals surface area contributed by atoms with Crippen molar-refractivity contribution in [2.75, 3.05) is 12.3 Å². The summed E-state index contributed by atoms with van der Waals surface area (Å²) in [6.07, 6.45) is 5.50.